The summed E-state index contributed by atoms with van der Waals surface area (Å²) in [6.07, 6.45) is 0.373. The number of aromatic nitrogens is 1. The fraction of sp³-hybridized carbons (Fsp3) is 0.632. The second kappa shape index (κ2) is 11.6. The molecule has 0 atom stereocenters. The van der Waals surface area contributed by atoms with Gasteiger partial charge in [-0.15, -0.1) is 24.0 Å². The summed E-state index contributed by atoms with van der Waals surface area (Å²) in [6, 6.07) is 2.15. The van der Waals surface area contributed by atoms with Crippen LogP contribution >= 0.6 is 24.0 Å². The molecule has 1 aliphatic carbocycles. The second-order valence-electron chi connectivity index (χ2n) is 7.24. The smallest absolute Gasteiger partial charge is 0.421 e. The van der Waals surface area contributed by atoms with Crippen LogP contribution in [0.3, 0.4) is 0 Å². The molecular formula is C19H29F3IN5O2. The number of carbonyl (C=O) groups excluding carboxylic acids is 1. The van der Waals surface area contributed by atoms with Crippen molar-refractivity contribution in [1.82, 2.24) is 20.5 Å². The lowest BCUT2D eigenvalue weighted by molar-refractivity contribution is -0.139. The first kappa shape index (κ1) is 26.2. The molecule has 0 bridgehead atoms. The van der Waals surface area contributed by atoms with E-state index in [2.05, 4.69) is 20.6 Å². The van der Waals surface area contributed by atoms with Gasteiger partial charge in [-0.2, -0.15) is 13.2 Å². The number of hydrogen-bond donors (Lipinski definition) is 2. The molecule has 2 rings (SSSR count). The monoisotopic (exact) mass is 543 g/mol. The number of nitrogens with zero attached hydrogens (tertiary/aromatic N) is 3. The van der Waals surface area contributed by atoms with Crippen molar-refractivity contribution in [2.45, 2.75) is 31.9 Å². The van der Waals surface area contributed by atoms with E-state index in [0.717, 1.165) is 31.7 Å². The van der Waals surface area contributed by atoms with Crippen molar-refractivity contribution >= 4 is 35.8 Å². The van der Waals surface area contributed by atoms with E-state index in [1.165, 1.54) is 12.3 Å². The molecule has 30 heavy (non-hydrogen) atoms. The van der Waals surface area contributed by atoms with Crippen LogP contribution in [0.1, 0.15) is 31.2 Å². The minimum Gasteiger partial charge on any atom is -0.475 e. The van der Waals surface area contributed by atoms with Gasteiger partial charge in [0.2, 0.25) is 11.8 Å². The summed E-state index contributed by atoms with van der Waals surface area (Å²) < 4.78 is 44.0. The number of rotatable bonds is 7. The Morgan fingerprint density at radius 2 is 1.97 bits per heavy atom. The van der Waals surface area contributed by atoms with Crippen LogP contribution in [-0.4, -0.2) is 62.6 Å². The molecule has 1 aromatic heterocycles. The highest BCUT2D eigenvalue weighted by Gasteiger charge is 2.42. The SMILES string of the molecule is CN=C(NCCOc1ncccc1C(F)(F)F)NCC1(C(=O)N(C)C)CCCC1.I. The predicted octanol–water partition coefficient (Wildman–Crippen LogP) is 2.91. The van der Waals surface area contributed by atoms with E-state index >= 15 is 0 Å². The molecule has 0 aromatic carbocycles. The first-order chi connectivity index (χ1) is 13.7. The lowest BCUT2D eigenvalue weighted by atomic mass is 9.84. The number of alkyl halides is 3. The number of amides is 1. The summed E-state index contributed by atoms with van der Waals surface area (Å²) in [7, 11) is 5.09. The van der Waals surface area contributed by atoms with E-state index in [-0.39, 0.29) is 43.0 Å². The van der Waals surface area contributed by atoms with Crippen LogP contribution in [-0.2, 0) is 11.0 Å². The van der Waals surface area contributed by atoms with Crippen LogP contribution in [0.4, 0.5) is 13.2 Å². The van der Waals surface area contributed by atoms with E-state index in [0.29, 0.717) is 12.5 Å². The third-order valence-corrected chi connectivity index (χ3v) is 4.95. The molecule has 1 saturated carbocycles. The van der Waals surface area contributed by atoms with Gasteiger partial charge in [-0.05, 0) is 25.0 Å². The predicted molar refractivity (Wildman–Crippen MR) is 119 cm³/mol. The molecule has 1 fully saturated rings. The third-order valence-electron chi connectivity index (χ3n) is 4.95. The zero-order valence-corrected chi connectivity index (χ0v) is 19.7. The van der Waals surface area contributed by atoms with E-state index in [1.807, 2.05) is 0 Å². The highest BCUT2D eigenvalue weighted by atomic mass is 127. The van der Waals surface area contributed by atoms with Crippen molar-refractivity contribution in [3.8, 4) is 5.88 Å². The Labute approximate surface area is 191 Å². The summed E-state index contributed by atoms with van der Waals surface area (Å²) in [6.45, 7) is 0.647. The fourth-order valence-corrected chi connectivity index (χ4v) is 3.50. The Bertz CT molecular complexity index is 722. The summed E-state index contributed by atoms with van der Waals surface area (Å²) in [5, 5.41) is 6.15. The lowest BCUT2D eigenvalue weighted by Crippen LogP contribution is -2.49. The van der Waals surface area contributed by atoms with Crippen molar-refractivity contribution in [1.29, 1.82) is 0 Å². The van der Waals surface area contributed by atoms with Crippen LogP contribution in [0.25, 0.3) is 0 Å². The van der Waals surface area contributed by atoms with Crippen molar-refractivity contribution in [2.24, 2.45) is 10.4 Å². The Morgan fingerprint density at radius 1 is 1.30 bits per heavy atom. The standard InChI is InChI=1S/C19H28F3N5O2.HI/c1-23-17(26-13-18(8-4-5-9-18)16(28)27(2)3)25-11-12-29-15-14(19(20,21)22)7-6-10-24-15;/h6-7,10H,4-5,8-9,11-13H2,1-3H3,(H2,23,25,26);1H. The minimum absolute atomic E-state index is 0. The summed E-state index contributed by atoms with van der Waals surface area (Å²) >= 11 is 0. The number of guanidine groups is 1. The van der Waals surface area contributed by atoms with Crippen LogP contribution < -0.4 is 15.4 Å². The van der Waals surface area contributed by atoms with E-state index in [9.17, 15) is 18.0 Å². The molecule has 11 heteroatoms. The molecule has 1 aromatic rings. The first-order valence-corrected chi connectivity index (χ1v) is 9.51. The average Bonchev–Trinajstić information content (AvgIpc) is 3.16. The van der Waals surface area contributed by atoms with Gasteiger partial charge < -0.3 is 20.3 Å². The molecule has 0 saturated heterocycles. The maximum Gasteiger partial charge on any atom is 0.421 e. The molecule has 7 nitrogen and oxygen atoms in total. The van der Waals surface area contributed by atoms with Crippen LogP contribution in [0.5, 0.6) is 5.88 Å². The molecule has 2 N–H and O–H groups in total. The molecule has 0 unspecified atom stereocenters. The summed E-state index contributed by atoms with van der Waals surface area (Å²) in [5.41, 5.74) is -1.36. The topological polar surface area (TPSA) is 78.9 Å². The molecule has 0 aliphatic heterocycles. The molecule has 1 aliphatic rings. The van der Waals surface area contributed by atoms with Gasteiger partial charge in [0, 0.05) is 33.9 Å². The first-order valence-electron chi connectivity index (χ1n) is 9.51. The third kappa shape index (κ3) is 6.88. The quantitative estimate of drug-likeness (QED) is 0.240. The number of ether oxygens (including phenoxy) is 1. The van der Waals surface area contributed by atoms with E-state index in [1.54, 1.807) is 26.0 Å². The van der Waals surface area contributed by atoms with E-state index < -0.39 is 23.0 Å². The molecular weight excluding hydrogens is 514 g/mol. The number of aliphatic imine (C=N–C) groups is 1. The number of halogens is 4. The van der Waals surface area contributed by atoms with Gasteiger partial charge in [-0.1, -0.05) is 12.8 Å². The number of carbonyl (C=O) groups is 1. The zero-order chi connectivity index (χ0) is 21.5. The molecule has 0 radical (unpaired) electrons. The summed E-state index contributed by atoms with van der Waals surface area (Å²) in [4.78, 5) is 22.0. The van der Waals surface area contributed by atoms with Gasteiger partial charge in [-0.25, -0.2) is 4.98 Å². The zero-order valence-electron chi connectivity index (χ0n) is 17.4. The van der Waals surface area contributed by atoms with Gasteiger partial charge in [0.15, 0.2) is 5.96 Å². The Morgan fingerprint density at radius 3 is 2.53 bits per heavy atom. The fourth-order valence-electron chi connectivity index (χ4n) is 3.50. The highest BCUT2D eigenvalue weighted by Crippen LogP contribution is 2.39. The summed E-state index contributed by atoms with van der Waals surface area (Å²) in [5.74, 6) is 0.103. The van der Waals surface area contributed by atoms with Crippen LogP contribution in [0, 0.1) is 5.41 Å². The molecule has 1 heterocycles. The Hall–Kier alpha value is -1.79. The second-order valence-corrected chi connectivity index (χ2v) is 7.24. The van der Waals surface area contributed by atoms with Crippen molar-refractivity contribution in [2.75, 3.05) is 40.8 Å². The molecule has 0 spiro atoms. The highest BCUT2D eigenvalue weighted by molar-refractivity contribution is 14.0. The number of nitrogens with one attached hydrogen (secondary N) is 2. The normalized spacial score (nSPS) is 15.9. The molecule has 170 valence electrons. The average molecular weight is 543 g/mol. The molecule has 1 amide bonds. The maximum absolute atomic E-state index is 13.0. The van der Waals surface area contributed by atoms with Crippen LogP contribution in [0.2, 0.25) is 0 Å². The van der Waals surface area contributed by atoms with Crippen molar-refractivity contribution in [3.63, 3.8) is 0 Å². The maximum atomic E-state index is 13.0. The minimum atomic E-state index is -4.52. The van der Waals surface area contributed by atoms with Gasteiger partial charge >= 0.3 is 6.18 Å². The number of hydrogen-bond acceptors (Lipinski definition) is 4. The lowest BCUT2D eigenvalue weighted by Gasteiger charge is -2.31. The van der Waals surface area contributed by atoms with E-state index in [4.69, 9.17) is 4.74 Å². The Balaban J connectivity index is 0.00000450. The van der Waals surface area contributed by atoms with Gasteiger partial charge in [-0.3, -0.25) is 9.79 Å². The van der Waals surface area contributed by atoms with Crippen molar-refractivity contribution in [3.05, 3.63) is 23.9 Å². The largest absolute Gasteiger partial charge is 0.475 e. The van der Waals surface area contributed by atoms with Gasteiger partial charge in [0.05, 0.1) is 12.0 Å². The number of pyridine rings is 1. The Kier molecular flexibility index (Phi) is 10.1. The van der Waals surface area contributed by atoms with Gasteiger partial charge in [0.25, 0.3) is 0 Å². The van der Waals surface area contributed by atoms with Crippen molar-refractivity contribution < 1.29 is 22.7 Å². The van der Waals surface area contributed by atoms with Gasteiger partial charge in [0.1, 0.15) is 12.2 Å². The van der Waals surface area contributed by atoms with Crippen LogP contribution in [0.15, 0.2) is 23.3 Å².